The summed E-state index contributed by atoms with van der Waals surface area (Å²) < 4.78 is 0. The van der Waals surface area contributed by atoms with E-state index in [1.54, 1.807) is 17.8 Å². The number of aliphatic hydroxyl groups excluding tert-OH is 1. The molecule has 1 aromatic heterocycles. The molecule has 1 aromatic rings. The van der Waals surface area contributed by atoms with Crippen molar-refractivity contribution in [2.75, 3.05) is 18.1 Å². The molecule has 0 aliphatic heterocycles. The molecule has 1 heterocycles. The van der Waals surface area contributed by atoms with E-state index < -0.39 is 0 Å². The minimum atomic E-state index is 0.218. The van der Waals surface area contributed by atoms with Crippen molar-refractivity contribution < 1.29 is 5.11 Å². The first-order chi connectivity index (χ1) is 5.83. The van der Waals surface area contributed by atoms with Gasteiger partial charge in [-0.25, -0.2) is 0 Å². The predicted molar refractivity (Wildman–Crippen MR) is 48.9 cm³/mol. The molecular weight excluding hydrogens is 174 g/mol. The minimum absolute atomic E-state index is 0.218. The molecule has 12 heavy (non-hydrogen) atoms. The molecular formula is C7H11N3OS. The molecule has 0 saturated carbocycles. The van der Waals surface area contributed by atoms with E-state index in [0.29, 0.717) is 5.82 Å². The molecule has 0 atom stereocenters. The number of nitrogens with two attached hydrogens (primary N) is 1. The smallest absolute Gasteiger partial charge is 0.146 e. The summed E-state index contributed by atoms with van der Waals surface area (Å²) in [6.45, 7) is 0.218. The Bertz CT molecular complexity index is 227. The zero-order valence-electron chi connectivity index (χ0n) is 6.60. The standard InChI is InChI=1S/C7H11N3OS/c8-6-2-3-7(10-9-6)12-5-1-4-11/h2-3,11H,1,4-5H2,(H2,8,9). The fraction of sp³-hybridized carbons (Fsp3) is 0.429. The first kappa shape index (κ1) is 9.28. The van der Waals surface area contributed by atoms with Gasteiger partial charge in [0.15, 0.2) is 0 Å². The Kier molecular flexibility index (Phi) is 3.83. The second kappa shape index (κ2) is 4.95. The summed E-state index contributed by atoms with van der Waals surface area (Å²) in [6, 6.07) is 3.54. The van der Waals surface area contributed by atoms with Crippen molar-refractivity contribution in [2.24, 2.45) is 0 Å². The fourth-order valence-corrected chi connectivity index (χ4v) is 1.39. The average Bonchev–Trinajstić information content (AvgIpc) is 2.09. The zero-order chi connectivity index (χ0) is 8.81. The van der Waals surface area contributed by atoms with Gasteiger partial charge in [-0.05, 0) is 18.6 Å². The van der Waals surface area contributed by atoms with Crippen LogP contribution in [0.1, 0.15) is 6.42 Å². The Balaban J connectivity index is 2.37. The average molecular weight is 185 g/mol. The van der Waals surface area contributed by atoms with Crippen LogP contribution in [0.5, 0.6) is 0 Å². The van der Waals surface area contributed by atoms with Crippen LogP contribution in [0, 0.1) is 0 Å². The molecule has 5 heteroatoms. The first-order valence-electron chi connectivity index (χ1n) is 3.66. The highest BCUT2D eigenvalue weighted by Crippen LogP contribution is 2.14. The van der Waals surface area contributed by atoms with E-state index in [2.05, 4.69) is 10.2 Å². The second-order valence-electron chi connectivity index (χ2n) is 2.22. The molecule has 3 N–H and O–H groups in total. The van der Waals surface area contributed by atoms with Gasteiger partial charge in [0, 0.05) is 12.4 Å². The van der Waals surface area contributed by atoms with Crippen molar-refractivity contribution in [2.45, 2.75) is 11.4 Å². The Morgan fingerprint density at radius 1 is 1.42 bits per heavy atom. The van der Waals surface area contributed by atoms with E-state index in [9.17, 15) is 0 Å². The lowest BCUT2D eigenvalue weighted by Gasteiger charge is -1.97. The van der Waals surface area contributed by atoms with E-state index >= 15 is 0 Å². The van der Waals surface area contributed by atoms with Crippen molar-refractivity contribution in [1.82, 2.24) is 10.2 Å². The van der Waals surface area contributed by atoms with Crippen molar-refractivity contribution in [3.8, 4) is 0 Å². The lowest BCUT2D eigenvalue weighted by molar-refractivity contribution is 0.296. The number of aliphatic hydroxyl groups is 1. The molecule has 66 valence electrons. The monoisotopic (exact) mass is 185 g/mol. The molecule has 4 nitrogen and oxygen atoms in total. The van der Waals surface area contributed by atoms with Gasteiger partial charge < -0.3 is 10.8 Å². The zero-order valence-corrected chi connectivity index (χ0v) is 7.42. The topological polar surface area (TPSA) is 72.0 Å². The van der Waals surface area contributed by atoms with Gasteiger partial charge in [-0.1, -0.05) is 0 Å². The number of nitrogen functional groups attached to an aromatic ring is 1. The van der Waals surface area contributed by atoms with Gasteiger partial charge in [0.05, 0.1) is 0 Å². The minimum Gasteiger partial charge on any atom is -0.396 e. The fourth-order valence-electron chi connectivity index (χ4n) is 0.649. The summed E-state index contributed by atoms with van der Waals surface area (Å²) in [6.07, 6.45) is 0.775. The normalized spacial score (nSPS) is 10.1. The maximum atomic E-state index is 8.52. The number of thioether (sulfide) groups is 1. The summed E-state index contributed by atoms with van der Waals surface area (Å²) in [5.41, 5.74) is 5.36. The van der Waals surface area contributed by atoms with Crippen molar-refractivity contribution in [1.29, 1.82) is 0 Å². The van der Waals surface area contributed by atoms with Crippen molar-refractivity contribution in [3.05, 3.63) is 12.1 Å². The van der Waals surface area contributed by atoms with Crippen LogP contribution in [0.3, 0.4) is 0 Å². The molecule has 0 spiro atoms. The van der Waals surface area contributed by atoms with Gasteiger partial charge in [-0.3, -0.25) is 0 Å². The second-order valence-corrected chi connectivity index (χ2v) is 3.34. The van der Waals surface area contributed by atoms with Crippen LogP contribution < -0.4 is 5.73 Å². The summed E-state index contributed by atoms with van der Waals surface area (Å²) in [7, 11) is 0. The predicted octanol–water partition coefficient (Wildman–Crippen LogP) is 0.533. The van der Waals surface area contributed by atoms with Crippen LogP contribution in [0.2, 0.25) is 0 Å². The molecule has 0 fully saturated rings. The van der Waals surface area contributed by atoms with Gasteiger partial charge >= 0.3 is 0 Å². The van der Waals surface area contributed by atoms with Gasteiger partial charge in [-0.15, -0.1) is 22.0 Å². The molecule has 1 rings (SSSR count). The Morgan fingerprint density at radius 3 is 2.83 bits per heavy atom. The molecule has 0 aliphatic rings. The third-order valence-corrected chi connectivity index (χ3v) is 2.22. The third-order valence-electron chi connectivity index (χ3n) is 1.21. The summed E-state index contributed by atoms with van der Waals surface area (Å²) in [5, 5.41) is 16.9. The number of nitrogens with zero attached hydrogens (tertiary/aromatic N) is 2. The number of hydrogen-bond donors (Lipinski definition) is 2. The Morgan fingerprint density at radius 2 is 2.25 bits per heavy atom. The lowest BCUT2D eigenvalue weighted by Crippen LogP contribution is -1.93. The van der Waals surface area contributed by atoms with E-state index in [1.807, 2.05) is 6.07 Å². The highest BCUT2D eigenvalue weighted by atomic mass is 32.2. The number of rotatable bonds is 4. The van der Waals surface area contributed by atoms with Gasteiger partial charge in [-0.2, -0.15) is 0 Å². The quantitative estimate of drug-likeness (QED) is 0.529. The van der Waals surface area contributed by atoms with Crippen LogP contribution in [-0.4, -0.2) is 27.7 Å². The lowest BCUT2D eigenvalue weighted by atomic mass is 10.5. The number of hydrogen-bond acceptors (Lipinski definition) is 5. The summed E-state index contributed by atoms with van der Waals surface area (Å²) in [5.74, 6) is 1.29. The van der Waals surface area contributed by atoms with Crippen LogP contribution in [0.25, 0.3) is 0 Å². The first-order valence-corrected chi connectivity index (χ1v) is 4.64. The van der Waals surface area contributed by atoms with Crippen molar-refractivity contribution >= 4 is 17.6 Å². The van der Waals surface area contributed by atoms with E-state index in [1.165, 1.54) is 0 Å². The third kappa shape index (κ3) is 3.06. The molecule has 0 radical (unpaired) electrons. The van der Waals surface area contributed by atoms with Crippen LogP contribution in [0.15, 0.2) is 17.2 Å². The number of aromatic nitrogens is 2. The van der Waals surface area contributed by atoms with E-state index in [4.69, 9.17) is 10.8 Å². The van der Waals surface area contributed by atoms with Crippen LogP contribution in [0.4, 0.5) is 5.82 Å². The molecule has 0 saturated heterocycles. The highest BCUT2D eigenvalue weighted by molar-refractivity contribution is 7.99. The van der Waals surface area contributed by atoms with E-state index in [-0.39, 0.29) is 6.61 Å². The summed E-state index contributed by atoms with van der Waals surface area (Å²) in [4.78, 5) is 0. The Labute approximate surface area is 75.2 Å². The molecule has 0 aromatic carbocycles. The van der Waals surface area contributed by atoms with E-state index in [0.717, 1.165) is 17.2 Å². The van der Waals surface area contributed by atoms with Gasteiger partial charge in [0.1, 0.15) is 10.8 Å². The molecule has 0 aliphatic carbocycles. The van der Waals surface area contributed by atoms with Crippen LogP contribution in [-0.2, 0) is 0 Å². The van der Waals surface area contributed by atoms with Gasteiger partial charge in [0.25, 0.3) is 0 Å². The molecule has 0 bridgehead atoms. The Hall–Kier alpha value is -0.810. The van der Waals surface area contributed by atoms with Crippen LogP contribution >= 0.6 is 11.8 Å². The largest absolute Gasteiger partial charge is 0.396 e. The molecule has 0 amide bonds. The maximum absolute atomic E-state index is 8.52. The SMILES string of the molecule is Nc1ccc(SCCCO)nn1. The van der Waals surface area contributed by atoms with Gasteiger partial charge in [0.2, 0.25) is 0 Å². The maximum Gasteiger partial charge on any atom is 0.146 e. The van der Waals surface area contributed by atoms with Crippen molar-refractivity contribution in [3.63, 3.8) is 0 Å². The number of anilines is 1. The summed E-state index contributed by atoms with van der Waals surface area (Å²) >= 11 is 1.56. The highest BCUT2D eigenvalue weighted by Gasteiger charge is 1.95. The molecule has 0 unspecified atom stereocenters.